The lowest BCUT2D eigenvalue weighted by molar-refractivity contribution is 0.0275. The monoisotopic (exact) mass is 258 g/mol. The van der Waals surface area contributed by atoms with E-state index in [1.165, 1.54) is 4.88 Å². The number of ether oxygens (including phenoxy) is 2. The maximum Gasteiger partial charge on any atom is 0.0928 e. The fourth-order valence-corrected chi connectivity index (χ4v) is 2.66. The standard InChI is InChI=1S/C12H22N2O2S/c1-8(12-9(2)17-10(3)14-12)13-6-11(16-5)7-15-4/h8,11,13H,6-7H2,1-5H3. The van der Waals surface area contributed by atoms with Crippen LogP contribution in [0.4, 0.5) is 0 Å². The Morgan fingerprint density at radius 3 is 2.53 bits per heavy atom. The van der Waals surface area contributed by atoms with Gasteiger partial charge in [-0.2, -0.15) is 0 Å². The minimum Gasteiger partial charge on any atom is -0.382 e. The van der Waals surface area contributed by atoms with E-state index in [9.17, 15) is 0 Å². The first-order chi connectivity index (χ1) is 8.08. The van der Waals surface area contributed by atoms with E-state index in [1.807, 2.05) is 6.92 Å². The van der Waals surface area contributed by atoms with E-state index in [0.29, 0.717) is 6.61 Å². The van der Waals surface area contributed by atoms with E-state index in [0.717, 1.165) is 17.2 Å². The summed E-state index contributed by atoms with van der Waals surface area (Å²) >= 11 is 1.74. The van der Waals surface area contributed by atoms with Crippen LogP contribution in [0.3, 0.4) is 0 Å². The molecule has 1 rings (SSSR count). The number of methoxy groups -OCH3 is 2. The molecule has 0 aliphatic carbocycles. The summed E-state index contributed by atoms with van der Waals surface area (Å²) in [5.41, 5.74) is 1.14. The molecule has 1 aromatic rings. The first-order valence-electron chi connectivity index (χ1n) is 5.77. The molecule has 2 atom stereocenters. The predicted octanol–water partition coefficient (Wildman–Crippen LogP) is 2.07. The molecule has 0 aromatic carbocycles. The molecule has 1 heterocycles. The number of aromatic nitrogens is 1. The smallest absolute Gasteiger partial charge is 0.0928 e. The summed E-state index contributed by atoms with van der Waals surface area (Å²) in [6.07, 6.45) is 0.0856. The van der Waals surface area contributed by atoms with Gasteiger partial charge in [0, 0.05) is 31.7 Å². The SMILES string of the molecule is COCC(CNC(C)c1nc(C)sc1C)OC. The summed E-state index contributed by atoms with van der Waals surface area (Å²) < 4.78 is 10.4. The van der Waals surface area contributed by atoms with Crippen molar-refractivity contribution in [1.82, 2.24) is 10.3 Å². The zero-order chi connectivity index (χ0) is 12.8. The zero-order valence-electron chi connectivity index (χ0n) is 11.2. The van der Waals surface area contributed by atoms with Gasteiger partial charge < -0.3 is 14.8 Å². The normalized spacial score (nSPS) is 14.9. The third-order valence-corrected chi connectivity index (χ3v) is 3.59. The van der Waals surface area contributed by atoms with Crippen LogP contribution in [-0.4, -0.2) is 38.5 Å². The van der Waals surface area contributed by atoms with Crippen LogP contribution in [0, 0.1) is 13.8 Å². The average Bonchev–Trinajstić information content (AvgIpc) is 2.63. The maximum absolute atomic E-state index is 5.31. The van der Waals surface area contributed by atoms with Crippen molar-refractivity contribution in [2.75, 3.05) is 27.4 Å². The van der Waals surface area contributed by atoms with Crippen LogP contribution in [0.2, 0.25) is 0 Å². The highest BCUT2D eigenvalue weighted by molar-refractivity contribution is 7.11. The van der Waals surface area contributed by atoms with Gasteiger partial charge in [-0.25, -0.2) is 4.98 Å². The molecule has 17 heavy (non-hydrogen) atoms. The van der Waals surface area contributed by atoms with Crippen LogP contribution in [0.15, 0.2) is 0 Å². The summed E-state index contributed by atoms with van der Waals surface area (Å²) in [6.45, 7) is 7.64. The Morgan fingerprint density at radius 2 is 2.06 bits per heavy atom. The predicted molar refractivity (Wildman–Crippen MR) is 70.7 cm³/mol. The van der Waals surface area contributed by atoms with Gasteiger partial charge in [0.25, 0.3) is 0 Å². The first kappa shape index (κ1) is 14.6. The number of aryl methyl sites for hydroxylation is 2. The lowest BCUT2D eigenvalue weighted by Gasteiger charge is -2.18. The number of hydrogen-bond donors (Lipinski definition) is 1. The molecule has 0 aliphatic heterocycles. The lowest BCUT2D eigenvalue weighted by Crippen LogP contribution is -2.33. The molecule has 98 valence electrons. The summed E-state index contributed by atoms with van der Waals surface area (Å²) in [5, 5.41) is 4.55. The van der Waals surface area contributed by atoms with Crippen LogP contribution in [0.1, 0.15) is 28.5 Å². The Bertz CT molecular complexity index is 341. The van der Waals surface area contributed by atoms with E-state index in [-0.39, 0.29) is 12.1 Å². The van der Waals surface area contributed by atoms with Gasteiger partial charge in [-0.1, -0.05) is 0 Å². The quantitative estimate of drug-likeness (QED) is 0.813. The minimum atomic E-state index is 0.0856. The van der Waals surface area contributed by atoms with Crippen molar-refractivity contribution in [2.24, 2.45) is 0 Å². The summed E-state index contributed by atoms with van der Waals surface area (Å²) in [7, 11) is 3.39. The third-order valence-electron chi connectivity index (χ3n) is 2.69. The van der Waals surface area contributed by atoms with Gasteiger partial charge in [-0.3, -0.25) is 0 Å². The topological polar surface area (TPSA) is 43.4 Å². The van der Waals surface area contributed by atoms with Crippen molar-refractivity contribution in [3.8, 4) is 0 Å². The van der Waals surface area contributed by atoms with Crippen LogP contribution in [0.5, 0.6) is 0 Å². The van der Waals surface area contributed by atoms with Gasteiger partial charge in [0.05, 0.1) is 23.4 Å². The average molecular weight is 258 g/mol. The highest BCUT2D eigenvalue weighted by Gasteiger charge is 2.14. The van der Waals surface area contributed by atoms with Crippen LogP contribution in [-0.2, 0) is 9.47 Å². The van der Waals surface area contributed by atoms with E-state index in [2.05, 4.69) is 24.1 Å². The van der Waals surface area contributed by atoms with E-state index >= 15 is 0 Å². The fourth-order valence-electron chi connectivity index (χ4n) is 1.75. The van der Waals surface area contributed by atoms with Crippen molar-refractivity contribution in [1.29, 1.82) is 0 Å². The van der Waals surface area contributed by atoms with Gasteiger partial charge >= 0.3 is 0 Å². The van der Waals surface area contributed by atoms with Crippen LogP contribution < -0.4 is 5.32 Å². The Labute approximate surface area is 107 Å². The molecule has 5 heteroatoms. The summed E-state index contributed by atoms with van der Waals surface area (Å²) in [4.78, 5) is 5.82. The van der Waals surface area contributed by atoms with Gasteiger partial charge in [-0.15, -0.1) is 11.3 Å². The van der Waals surface area contributed by atoms with Crippen molar-refractivity contribution in [2.45, 2.75) is 32.9 Å². The highest BCUT2D eigenvalue weighted by Crippen LogP contribution is 2.22. The molecule has 0 saturated carbocycles. The van der Waals surface area contributed by atoms with Crippen molar-refractivity contribution in [3.05, 3.63) is 15.6 Å². The third kappa shape index (κ3) is 4.35. The minimum absolute atomic E-state index is 0.0856. The van der Waals surface area contributed by atoms with E-state index < -0.39 is 0 Å². The van der Waals surface area contributed by atoms with Gasteiger partial charge in [0.15, 0.2) is 0 Å². The molecular formula is C12H22N2O2S. The van der Waals surface area contributed by atoms with Gasteiger partial charge in [-0.05, 0) is 20.8 Å². The molecule has 0 spiro atoms. The number of rotatable bonds is 7. The molecule has 0 fully saturated rings. The molecule has 0 amide bonds. The first-order valence-corrected chi connectivity index (χ1v) is 6.59. The Kier molecular flexibility index (Phi) is 6.05. The van der Waals surface area contributed by atoms with Crippen LogP contribution in [0.25, 0.3) is 0 Å². The second-order valence-corrected chi connectivity index (χ2v) is 5.52. The van der Waals surface area contributed by atoms with Crippen LogP contribution >= 0.6 is 11.3 Å². The van der Waals surface area contributed by atoms with Crippen molar-refractivity contribution >= 4 is 11.3 Å². The molecule has 1 N–H and O–H groups in total. The van der Waals surface area contributed by atoms with E-state index in [4.69, 9.17) is 9.47 Å². The number of nitrogens with zero attached hydrogens (tertiary/aromatic N) is 1. The zero-order valence-corrected chi connectivity index (χ0v) is 12.1. The second-order valence-electron chi connectivity index (χ2n) is 4.12. The Balaban J connectivity index is 2.49. The number of nitrogens with one attached hydrogen (secondary N) is 1. The molecule has 4 nitrogen and oxygen atoms in total. The molecule has 0 radical (unpaired) electrons. The van der Waals surface area contributed by atoms with Gasteiger partial charge in [0.2, 0.25) is 0 Å². The largest absolute Gasteiger partial charge is 0.382 e. The highest BCUT2D eigenvalue weighted by atomic mass is 32.1. The second kappa shape index (κ2) is 7.06. The molecule has 1 aromatic heterocycles. The van der Waals surface area contributed by atoms with Gasteiger partial charge in [0.1, 0.15) is 0 Å². The van der Waals surface area contributed by atoms with Crippen molar-refractivity contribution < 1.29 is 9.47 Å². The Hall–Kier alpha value is -0.490. The molecule has 0 bridgehead atoms. The number of thiazole rings is 1. The summed E-state index contributed by atoms with van der Waals surface area (Å²) in [5.74, 6) is 0. The number of hydrogen-bond acceptors (Lipinski definition) is 5. The van der Waals surface area contributed by atoms with E-state index in [1.54, 1.807) is 25.6 Å². The lowest BCUT2D eigenvalue weighted by atomic mass is 10.2. The molecule has 2 unspecified atom stereocenters. The Morgan fingerprint density at radius 1 is 1.35 bits per heavy atom. The maximum atomic E-state index is 5.31. The molecular weight excluding hydrogens is 236 g/mol. The molecule has 0 saturated heterocycles. The molecule has 0 aliphatic rings. The summed E-state index contributed by atoms with van der Waals surface area (Å²) in [6, 6.07) is 0.245. The van der Waals surface area contributed by atoms with Crippen molar-refractivity contribution in [3.63, 3.8) is 0 Å². The fraction of sp³-hybridized carbons (Fsp3) is 0.750.